The molecule has 0 saturated heterocycles. The first-order chi connectivity index (χ1) is 5.07. The Bertz CT molecular complexity index is 177. The fourth-order valence-electron chi connectivity index (χ4n) is 0.217. The van der Waals surface area contributed by atoms with Crippen LogP contribution in [0.25, 0.3) is 0 Å². The third kappa shape index (κ3) is 5.85. The molecule has 0 spiro atoms. The Morgan fingerprint density at radius 2 is 2.00 bits per heavy atom. The standard InChI is InChI=1S/C4H5Cl3O3P/c1-9-11(8)10-2-3(5)4(6)7/h2H2,1H3. The van der Waals surface area contributed by atoms with Crippen LogP contribution in [-0.2, 0) is 13.6 Å². The fraction of sp³-hybridized carbons (Fsp3) is 0.500. The van der Waals surface area contributed by atoms with Gasteiger partial charge in [-0.3, -0.25) is 9.05 Å². The average molecular weight is 238 g/mol. The van der Waals surface area contributed by atoms with Crippen molar-refractivity contribution in [3.63, 3.8) is 0 Å². The molecule has 11 heavy (non-hydrogen) atoms. The van der Waals surface area contributed by atoms with E-state index in [1.165, 1.54) is 7.11 Å². The lowest BCUT2D eigenvalue weighted by molar-refractivity contribution is 0.278. The van der Waals surface area contributed by atoms with Crippen molar-refractivity contribution < 1.29 is 13.6 Å². The molecular formula is C4H5Cl3O3P. The molecule has 65 valence electrons. The smallest absolute Gasteiger partial charge is 0.286 e. The second-order valence-corrected chi connectivity index (χ2v) is 3.82. The van der Waals surface area contributed by atoms with Crippen LogP contribution in [0, 0.1) is 0 Å². The third-order valence-electron chi connectivity index (χ3n) is 0.651. The summed E-state index contributed by atoms with van der Waals surface area (Å²) in [6.07, 6.45) is 0. The lowest BCUT2D eigenvalue weighted by atomic mass is 10.7. The quantitative estimate of drug-likeness (QED) is 0.706. The van der Waals surface area contributed by atoms with Gasteiger partial charge >= 0.3 is 8.25 Å². The molecule has 0 fully saturated rings. The highest BCUT2D eigenvalue weighted by Gasteiger charge is 2.03. The number of rotatable bonds is 4. The maximum absolute atomic E-state index is 10.5. The fourth-order valence-corrected chi connectivity index (χ4v) is 0.796. The van der Waals surface area contributed by atoms with E-state index in [0.29, 0.717) is 0 Å². The van der Waals surface area contributed by atoms with Gasteiger partial charge < -0.3 is 0 Å². The molecule has 0 rings (SSSR count). The van der Waals surface area contributed by atoms with E-state index in [1.807, 2.05) is 0 Å². The van der Waals surface area contributed by atoms with E-state index in [-0.39, 0.29) is 16.1 Å². The van der Waals surface area contributed by atoms with Crippen molar-refractivity contribution in [1.82, 2.24) is 0 Å². The number of hydrogen-bond acceptors (Lipinski definition) is 3. The summed E-state index contributed by atoms with van der Waals surface area (Å²) in [5, 5.41) is 0.0914. The molecule has 0 bridgehead atoms. The molecule has 0 aromatic heterocycles. The lowest BCUT2D eigenvalue weighted by Gasteiger charge is -1.98. The predicted octanol–water partition coefficient (Wildman–Crippen LogP) is 3.19. The Balaban J connectivity index is 3.72. The topological polar surface area (TPSA) is 35.5 Å². The first-order valence-corrected chi connectivity index (χ1v) is 4.64. The van der Waals surface area contributed by atoms with Gasteiger partial charge in [-0.1, -0.05) is 34.8 Å². The molecule has 0 N–H and O–H groups in total. The molecule has 0 aromatic carbocycles. The molecule has 0 aliphatic carbocycles. The van der Waals surface area contributed by atoms with Crippen LogP contribution in [-0.4, -0.2) is 13.7 Å². The van der Waals surface area contributed by atoms with Gasteiger partial charge in [-0.05, 0) is 0 Å². The molecule has 1 radical (unpaired) electrons. The first-order valence-electron chi connectivity index (χ1n) is 2.42. The first kappa shape index (κ1) is 11.6. The molecule has 1 unspecified atom stereocenters. The molecule has 3 nitrogen and oxygen atoms in total. The van der Waals surface area contributed by atoms with Gasteiger partial charge in [0.15, 0.2) is 0 Å². The van der Waals surface area contributed by atoms with Gasteiger partial charge in [0.2, 0.25) is 0 Å². The summed E-state index contributed by atoms with van der Waals surface area (Å²) in [6, 6.07) is 0. The maximum atomic E-state index is 10.5. The van der Waals surface area contributed by atoms with Crippen molar-refractivity contribution in [3.8, 4) is 0 Å². The zero-order chi connectivity index (χ0) is 8.85. The van der Waals surface area contributed by atoms with Crippen LogP contribution in [0.15, 0.2) is 9.52 Å². The van der Waals surface area contributed by atoms with Crippen LogP contribution in [0.3, 0.4) is 0 Å². The highest BCUT2D eigenvalue weighted by molar-refractivity contribution is 7.33. The molecule has 0 aliphatic heterocycles. The Hall–Kier alpha value is 0.630. The van der Waals surface area contributed by atoms with Gasteiger partial charge in [0.25, 0.3) is 0 Å². The summed E-state index contributed by atoms with van der Waals surface area (Å²) >= 11 is 15.9. The third-order valence-corrected chi connectivity index (χ3v) is 2.24. The second kappa shape index (κ2) is 6.18. The van der Waals surface area contributed by atoms with Gasteiger partial charge in [-0.25, -0.2) is 4.57 Å². The highest BCUT2D eigenvalue weighted by atomic mass is 35.5. The van der Waals surface area contributed by atoms with Crippen molar-refractivity contribution in [2.24, 2.45) is 0 Å². The van der Waals surface area contributed by atoms with E-state index in [0.717, 1.165) is 0 Å². The van der Waals surface area contributed by atoms with Gasteiger partial charge in [0, 0.05) is 0 Å². The molecule has 0 saturated carbocycles. The molecule has 0 heterocycles. The summed E-state index contributed by atoms with van der Waals surface area (Å²) in [5.41, 5.74) is 0. The van der Waals surface area contributed by atoms with Gasteiger partial charge in [0.05, 0.1) is 12.1 Å². The Labute approximate surface area is 80.2 Å². The molecule has 0 aromatic rings. The average Bonchev–Trinajstić information content (AvgIpc) is 1.99. The largest absolute Gasteiger partial charge is 0.368 e. The highest BCUT2D eigenvalue weighted by Crippen LogP contribution is 2.26. The van der Waals surface area contributed by atoms with Crippen LogP contribution in [0.4, 0.5) is 0 Å². The van der Waals surface area contributed by atoms with Crippen LogP contribution >= 0.6 is 43.1 Å². The SMILES string of the molecule is CO[P](=O)OCC(Cl)=C(Cl)Cl. The second-order valence-electron chi connectivity index (χ2n) is 1.34. The lowest BCUT2D eigenvalue weighted by Crippen LogP contribution is -1.87. The van der Waals surface area contributed by atoms with E-state index in [1.54, 1.807) is 0 Å². The normalized spacial score (nSPS) is 11.1. The summed E-state index contributed by atoms with van der Waals surface area (Å²) in [7, 11) is -0.873. The Kier molecular flexibility index (Phi) is 6.53. The summed E-state index contributed by atoms with van der Waals surface area (Å²) in [4.78, 5) is 0. The van der Waals surface area contributed by atoms with E-state index in [2.05, 4.69) is 9.05 Å². The van der Waals surface area contributed by atoms with Crippen molar-refractivity contribution in [2.75, 3.05) is 13.7 Å². The van der Waals surface area contributed by atoms with Crippen molar-refractivity contribution in [2.45, 2.75) is 0 Å². The minimum Gasteiger partial charge on any atom is -0.286 e. The zero-order valence-corrected chi connectivity index (χ0v) is 8.68. The monoisotopic (exact) mass is 237 g/mol. The maximum Gasteiger partial charge on any atom is 0.368 e. The van der Waals surface area contributed by atoms with E-state index in [9.17, 15) is 4.57 Å². The summed E-state index contributed by atoms with van der Waals surface area (Å²) < 4.78 is 19.2. The van der Waals surface area contributed by atoms with Crippen LogP contribution in [0.2, 0.25) is 0 Å². The molecule has 0 amide bonds. The summed E-state index contributed by atoms with van der Waals surface area (Å²) in [5.74, 6) is 0. The van der Waals surface area contributed by atoms with Crippen molar-refractivity contribution in [1.29, 1.82) is 0 Å². The van der Waals surface area contributed by atoms with Gasteiger partial charge in [0.1, 0.15) is 11.1 Å². The zero-order valence-electron chi connectivity index (χ0n) is 5.51. The minimum absolute atomic E-state index is 0.0914. The molecular weight excluding hydrogens is 233 g/mol. The molecule has 1 atom stereocenters. The van der Waals surface area contributed by atoms with E-state index in [4.69, 9.17) is 34.8 Å². The van der Waals surface area contributed by atoms with Crippen molar-refractivity contribution >= 4 is 43.1 Å². The van der Waals surface area contributed by atoms with E-state index >= 15 is 0 Å². The Morgan fingerprint density at radius 1 is 1.45 bits per heavy atom. The molecule has 0 aliphatic rings. The Morgan fingerprint density at radius 3 is 2.36 bits per heavy atom. The van der Waals surface area contributed by atoms with Gasteiger partial charge in [-0.15, -0.1) is 0 Å². The number of hydrogen-bond donors (Lipinski definition) is 0. The van der Waals surface area contributed by atoms with Crippen molar-refractivity contribution in [3.05, 3.63) is 9.52 Å². The summed E-state index contributed by atoms with van der Waals surface area (Å²) in [6.45, 7) is -0.118. The molecule has 7 heteroatoms. The van der Waals surface area contributed by atoms with Crippen LogP contribution in [0.5, 0.6) is 0 Å². The predicted molar refractivity (Wildman–Crippen MR) is 45.2 cm³/mol. The minimum atomic E-state index is -2.12. The van der Waals surface area contributed by atoms with E-state index < -0.39 is 8.25 Å². The van der Waals surface area contributed by atoms with Gasteiger partial charge in [-0.2, -0.15) is 0 Å². The van der Waals surface area contributed by atoms with Crippen LogP contribution < -0.4 is 0 Å². The number of halogens is 3. The van der Waals surface area contributed by atoms with Crippen LogP contribution in [0.1, 0.15) is 0 Å².